The van der Waals surface area contributed by atoms with Crippen molar-refractivity contribution < 1.29 is 4.79 Å². The maximum atomic E-state index is 11.8. The van der Waals surface area contributed by atoms with Crippen LogP contribution in [0, 0.1) is 0 Å². The fraction of sp³-hybridized carbons (Fsp3) is 0. The summed E-state index contributed by atoms with van der Waals surface area (Å²) in [7, 11) is 0. The first-order valence-corrected chi connectivity index (χ1v) is 5.87. The smallest absolute Gasteiger partial charge is 0.256 e. The van der Waals surface area contributed by atoms with E-state index in [1.807, 2.05) is 6.07 Å². The van der Waals surface area contributed by atoms with Gasteiger partial charge in [-0.25, -0.2) is 9.97 Å². The third-order valence-corrected chi connectivity index (χ3v) is 2.66. The predicted octanol–water partition coefficient (Wildman–Crippen LogP) is 3.14. The molecule has 0 saturated carbocycles. The van der Waals surface area contributed by atoms with E-state index < -0.39 is 0 Å². The lowest BCUT2D eigenvalue weighted by Crippen LogP contribution is -2.12. The molecule has 0 radical (unpaired) electrons. The quantitative estimate of drug-likeness (QED) is 0.867. The molecule has 0 fully saturated rings. The van der Waals surface area contributed by atoms with Crippen LogP contribution >= 0.6 is 27.5 Å². The van der Waals surface area contributed by atoms with E-state index in [0.29, 0.717) is 11.4 Å². The minimum absolute atomic E-state index is 0.249. The number of rotatable bonds is 2. The van der Waals surface area contributed by atoms with Crippen LogP contribution in [0.15, 0.2) is 41.1 Å². The van der Waals surface area contributed by atoms with Crippen LogP contribution < -0.4 is 5.32 Å². The highest BCUT2D eigenvalue weighted by atomic mass is 79.9. The van der Waals surface area contributed by atoms with Crippen molar-refractivity contribution in [1.82, 2.24) is 9.97 Å². The average molecular weight is 313 g/mol. The van der Waals surface area contributed by atoms with Gasteiger partial charge in [-0.15, -0.1) is 0 Å². The molecule has 2 rings (SSSR count). The van der Waals surface area contributed by atoms with E-state index in [4.69, 9.17) is 11.6 Å². The Labute approximate surface area is 111 Å². The van der Waals surface area contributed by atoms with Crippen molar-refractivity contribution in [2.24, 2.45) is 0 Å². The van der Waals surface area contributed by atoms with Gasteiger partial charge >= 0.3 is 0 Å². The monoisotopic (exact) mass is 311 g/mol. The summed E-state index contributed by atoms with van der Waals surface area (Å²) in [6.45, 7) is 0. The summed E-state index contributed by atoms with van der Waals surface area (Å²) in [5.74, 6) is 0.121. The average Bonchev–Trinajstić information content (AvgIpc) is 2.29. The number of aromatic nitrogens is 2. The van der Waals surface area contributed by atoms with Gasteiger partial charge in [0.1, 0.15) is 17.3 Å². The van der Waals surface area contributed by atoms with Crippen molar-refractivity contribution >= 4 is 39.3 Å². The van der Waals surface area contributed by atoms with Crippen molar-refractivity contribution in [3.8, 4) is 0 Å². The molecule has 1 heterocycles. The van der Waals surface area contributed by atoms with Gasteiger partial charge < -0.3 is 5.32 Å². The van der Waals surface area contributed by atoms with Gasteiger partial charge in [0, 0.05) is 16.1 Å². The molecule has 0 unspecified atom stereocenters. The summed E-state index contributed by atoms with van der Waals surface area (Å²) in [5.41, 5.74) is 0.536. The van der Waals surface area contributed by atoms with Crippen LogP contribution in [0.4, 0.5) is 5.82 Å². The molecule has 86 valence electrons. The van der Waals surface area contributed by atoms with Gasteiger partial charge in [-0.1, -0.05) is 33.6 Å². The summed E-state index contributed by atoms with van der Waals surface area (Å²) in [5, 5.41) is 2.91. The Morgan fingerprint density at radius 3 is 2.82 bits per heavy atom. The molecule has 0 spiro atoms. The zero-order valence-corrected chi connectivity index (χ0v) is 10.9. The molecular formula is C11H7BrClN3O. The Bertz CT molecular complexity index is 562. The Hall–Kier alpha value is -1.46. The maximum absolute atomic E-state index is 11.8. The van der Waals surface area contributed by atoms with E-state index >= 15 is 0 Å². The number of nitrogens with one attached hydrogen (secondary N) is 1. The predicted molar refractivity (Wildman–Crippen MR) is 69.1 cm³/mol. The second kappa shape index (κ2) is 5.25. The summed E-state index contributed by atoms with van der Waals surface area (Å²) < 4.78 is 0.839. The fourth-order valence-electron chi connectivity index (χ4n) is 1.22. The number of hydrogen-bond acceptors (Lipinski definition) is 3. The SMILES string of the molecule is O=C(Nc1cc(Cl)ncn1)c1cccc(Br)c1. The van der Waals surface area contributed by atoms with E-state index in [9.17, 15) is 4.79 Å². The van der Waals surface area contributed by atoms with Crippen LogP contribution in [0.25, 0.3) is 0 Å². The number of carbonyl (C=O) groups is 1. The lowest BCUT2D eigenvalue weighted by Gasteiger charge is -2.04. The van der Waals surface area contributed by atoms with E-state index in [1.165, 1.54) is 12.4 Å². The van der Waals surface area contributed by atoms with Gasteiger partial charge in [0.15, 0.2) is 0 Å². The summed E-state index contributed by atoms with van der Waals surface area (Å²) in [4.78, 5) is 19.5. The number of halogens is 2. The zero-order valence-electron chi connectivity index (χ0n) is 8.52. The highest BCUT2D eigenvalue weighted by Gasteiger charge is 2.07. The summed E-state index contributed by atoms with van der Waals surface area (Å²) in [6.07, 6.45) is 1.29. The maximum Gasteiger partial charge on any atom is 0.256 e. The Balaban J connectivity index is 2.17. The first-order chi connectivity index (χ1) is 8.15. The molecule has 0 aliphatic carbocycles. The standard InChI is InChI=1S/C11H7BrClN3O/c12-8-3-1-2-7(4-8)11(17)16-10-5-9(13)14-6-15-10/h1-6H,(H,14,15,16,17). The van der Waals surface area contributed by atoms with Crippen LogP contribution in [-0.4, -0.2) is 15.9 Å². The van der Waals surface area contributed by atoms with Crippen molar-refractivity contribution in [2.75, 3.05) is 5.32 Å². The van der Waals surface area contributed by atoms with Crippen molar-refractivity contribution in [3.05, 3.63) is 51.8 Å². The molecule has 6 heteroatoms. The second-order valence-electron chi connectivity index (χ2n) is 3.19. The number of hydrogen-bond donors (Lipinski definition) is 1. The van der Waals surface area contributed by atoms with E-state index in [2.05, 4.69) is 31.2 Å². The van der Waals surface area contributed by atoms with Crippen LogP contribution in [0.2, 0.25) is 5.15 Å². The normalized spacial score (nSPS) is 10.0. The molecule has 1 aromatic heterocycles. The third-order valence-electron chi connectivity index (χ3n) is 1.96. The molecule has 17 heavy (non-hydrogen) atoms. The molecule has 0 aliphatic rings. The number of amides is 1. The largest absolute Gasteiger partial charge is 0.306 e. The van der Waals surface area contributed by atoms with Crippen molar-refractivity contribution in [3.63, 3.8) is 0 Å². The third kappa shape index (κ3) is 3.25. The van der Waals surface area contributed by atoms with Crippen LogP contribution in [0.5, 0.6) is 0 Å². The Morgan fingerprint density at radius 2 is 2.12 bits per heavy atom. The van der Waals surface area contributed by atoms with Gasteiger partial charge in [-0.3, -0.25) is 4.79 Å². The topological polar surface area (TPSA) is 54.9 Å². The highest BCUT2D eigenvalue weighted by molar-refractivity contribution is 9.10. The van der Waals surface area contributed by atoms with Gasteiger partial charge in [0.25, 0.3) is 5.91 Å². The first-order valence-electron chi connectivity index (χ1n) is 4.69. The van der Waals surface area contributed by atoms with E-state index in [0.717, 1.165) is 4.47 Å². The molecule has 1 amide bonds. The van der Waals surface area contributed by atoms with Gasteiger partial charge in [0.2, 0.25) is 0 Å². The van der Waals surface area contributed by atoms with Crippen molar-refractivity contribution in [1.29, 1.82) is 0 Å². The molecular weight excluding hydrogens is 305 g/mol. The summed E-state index contributed by atoms with van der Waals surface area (Å²) in [6, 6.07) is 8.54. The number of anilines is 1. The Morgan fingerprint density at radius 1 is 1.29 bits per heavy atom. The molecule has 0 aliphatic heterocycles. The van der Waals surface area contributed by atoms with E-state index in [1.54, 1.807) is 18.2 Å². The molecule has 0 bridgehead atoms. The van der Waals surface area contributed by atoms with Crippen LogP contribution in [-0.2, 0) is 0 Å². The fourth-order valence-corrected chi connectivity index (χ4v) is 1.77. The highest BCUT2D eigenvalue weighted by Crippen LogP contribution is 2.14. The number of carbonyl (C=O) groups excluding carboxylic acids is 1. The van der Waals surface area contributed by atoms with Crippen molar-refractivity contribution in [2.45, 2.75) is 0 Å². The Kier molecular flexibility index (Phi) is 3.71. The molecule has 1 aromatic carbocycles. The number of benzene rings is 1. The molecule has 2 aromatic rings. The van der Waals surface area contributed by atoms with Gasteiger partial charge in [-0.2, -0.15) is 0 Å². The van der Waals surface area contributed by atoms with Crippen LogP contribution in [0.3, 0.4) is 0 Å². The number of nitrogens with zero attached hydrogens (tertiary/aromatic N) is 2. The minimum atomic E-state index is -0.249. The zero-order chi connectivity index (χ0) is 12.3. The van der Waals surface area contributed by atoms with E-state index in [-0.39, 0.29) is 11.1 Å². The molecule has 0 saturated heterocycles. The lowest BCUT2D eigenvalue weighted by molar-refractivity contribution is 0.102. The minimum Gasteiger partial charge on any atom is -0.306 e. The second-order valence-corrected chi connectivity index (χ2v) is 4.49. The molecule has 0 atom stereocenters. The molecule has 4 nitrogen and oxygen atoms in total. The molecule has 1 N–H and O–H groups in total. The first kappa shape index (κ1) is 12.0. The van der Waals surface area contributed by atoms with Crippen LogP contribution in [0.1, 0.15) is 10.4 Å². The summed E-state index contributed by atoms with van der Waals surface area (Å²) >= 11 is 8.99. The van der Waals surface area contributed by atoms with Gasteiger partial charge in [0.05, 0.1) is 0 Å². The lowest BCUT2D eigenvalue weighted by atomic mass is 10.2. The van der Waals surface area contributed by atoms with Gasteiger partial charge in [-0.05, 0) is 18.2 Å².